The number of carbonyl (C=O) groups is 2. The van der Waals surface area contributed by atoms with Crippen LogP contribution < -0.4 is 5.32 Å². The second-order valence-corrected chi connectivity index (χ2v) is 6.89. The van der Waals surface area contributed by atoms with Gasteiger partial charge in [-0.15, -0.1) is 0 Å². The van der Waals surface area contributed by atoms with Crippen molar-refractivity contribution in [1.82, 2.24) is 10.2 Å². The number of likely N-dealkylation sites (tertiary alicyclic amines) is 1. The van der Waals surface area contributed by atoms with E-state index in [9.17, 15) is 13.8 Å². The molecule has 19 heavy (non-hydrogen) atoms. The number of hydrogen-bond donors (Lipinski definition) is 2. The number of carbonyl (C=O) groups excluding carboxylic acids is 1. The maximum Gasteiger partial charge on any atom is 0.317 e. The lowest BCUT2D eigenvalue weighted by atomic mass is 9.98. The smallest absolute Gasteiger partial charge is 0.317 e. The van der Waals surface area contributed by atoms with Crippen molar-refractivity contribution in [2.24, 2.45) is 5.92 Å². The Morgan fingerprint density at radius 3 is 2.53 bits per heavy atom. The summed E-state index contributed by atoms with van der Waals surface area (Å²) < 4.78 is 11.2. The molecule has 0 aliphatic carbocycles. The fourth-order valence-electron chi connectivity index (χ4n) is 2.57. The summed E-state index contributed by atoms with van der Waals surface area (Å²) in [7, 11) is -0.735. The predicted octanol–water partition coefficient (Wildman–Crippen LogP) is 0.404. The van der Waals surface area contributed by atoms with Crippen molar-refractivity contribution in [3.05, 3.63) is 0 Å². The number of aliphatic carboxylic acids is 1. The molecule has 2 aliphatic heterocycles. The molecule has 1 atom stereocenters. The highest BCUT2D eigenvalue weighted by atomic mass is 32.2. The van der Waals surface area contributed by atoms with Crippen LogP contribution >= 0.6 is 0 Å². The number of nitrogens with zero attached hydrogens (tertiary/aromatic N) is 1. The van der Waals surface area contributed by atoms with E-state index in [2.05, 4.69) is 5.32 Å². The monoisotopic (exact) mass is 288 g/mol. The zero-order valence-electron chi connectivity index (χ0n) is 10.8. The molecule has 2 fully saturated rings. The van der Waals surface area contributed by atoms with E-state index in [1.807, 2.05) is 0 Å². The minimum Gasteiger partial charge on any atom is -0.481 e. The van der Waals surface area contributed by atoms with Crippen molar-refractivity contribution in [1.29, 1.82) is 0 Å². The van der Waals surface area contributed by atoms with Crippen molar-refractivity contribution < 1.29 is 18.9 Å². The lowest BCUT2D eigenvalue weighted by Gasteiger charge is -2.33. The van der Waals surface area contributed by atoms with Crippen molar-refractivity contribution >= 4 is 22.8 Å². The predicted molar refractivity (Wildman–Crippen MR) is 71.4 cm³/mol. The lowest BCUT2D eigenvalue weighted by molar-refractivity contribution is -0.143. The molecule has 108 valence electrons. The quantitative estimate of drug-likeness (QED) is 0.770. The zero-order chi connectivity index (χ0) is 13.8. The van der Waals surface area contributed by atoms with E-state index in [1.54, 1.807) is 4.90 Å². The van der Waals surface area contributed by atoms with Gasteiger partial charge in [0.1, 0.15) is 0 Å². The summed E-state index contributed by atoms with van der Waals surface area (Å²) >= 11 is 0. The first-order valence-corrected chi connectivity index (χ1v) is 8.18. The molecule has 2 amide bonds. The minimum absolute atomic E-state index is 0.0791. The number of carboxylic acid groups (broad SMARTS) is 1. The summed E-state index contributed by atoms with van der Waals surface area (Å²) in [6, 6.07) is -0.0981. The molecule has 2 rings (SSSR count). The molecule has 2 N–H and O–H groups in total. The summed E-state index contributed by atoms with van der Waals surface area (Å²) in [6.45, 7) is 0.911. The fourth-order valence-corrected chi connectivity index (χ4v) is 3.87. The maximum absolute atomic E-state index is 12.1. The topological polar surface area (TPSA) is 86.7 Å². The highest BCUT2D eigenvalue weighted by molar-refractivity contribution is 7.85. The minimum atomic E-state index is -0.828. The van der Waals surface area contributed by atoms with E-state index in [1.165, 1.54) is 0 Å². The molecule has 0 bridgehead atoms. The van der Waals surface area contributed by atoms with Crippen molar-refractivity contribution in [3.63, 3.8) is 0 Å². The maximum atomic E-state index is 12.1. The molecular formula is C12H20N2O4S. The van der Waals surface area contributed by atoms with Gasteiger partial charge in [-0.2, -0.15) is 0 Å². The Bertz CT molecular complexity index is 378. The number of rotatable bonds is 2. The Balaban J connectivity index is 1.82. The highest BCUT2D eigenvalue weighted by Gasteiger charge is 2.29. The SMILES string of the molecule is O=C(O)[C@H]1CCCN(C(=O)NC2CCS(=O)CC2)C1. The second-order valence-electron chi connectivity index (χ2n) is 5.20. The largest absolute Gasteiger partial charge is 0.481 e. The molecule has 0 radical (unpaired) electrons. The van der Waals surface area contributed by atoms with E-state index in [4.69, 9.17) is 5.11 Å². The molecule has 0 spiro atoms. The normalized spacial score (nSPS) is 31.8. The molecule has 0 saturated carbocycles. The molecule has 0 unspecified atom stereocenters. The molecule has 0 aromatic rings. The van der Waals surface area contributed by atoms with Gasteiger partial charge in [0.2, 0.25) is 0 Å². The van der Waals surface area contributed by atoms with Gasteiger partial charge in [-0.1, -0.05) is 0 Å². The van der Waals surface area contributed by atoms with Crippen LogP contribution in [-0.4, -0.2) is 56.9 Å². The molecule has 7 heteroatoms. The standard InChI is InChI=1S/C12H20N2O4S/c15-11(16)9-2-1-5-14(8-9)12(17)13-10-3-6-19(18)7-4-10/h9-10H,1-8H2,(H,13,17)(H,15,16)/t9-,10?,19?/m0/s1. The number of hydrogen-bond acceptors (Lipinski definition) is 3. The third kappa shape index (κ3) is 3.92. The van der Waals surface area contributed by atoms with Crippen molar-refractivity contribution in [2.75, 3.05) is 24.6 Å². The Morgan fingerprint density at radius 1 is 1.21 bits per heavy atom. The van der Waals surface area contributed by atoms with Crippen LogP contribution in [0.1, 0.15) is 25.7 Å². The van der Waals surface area contributed by atoms with E-state index >= 15 is 0 Å². The Kier molecular flexibility index (Phi) is 4.79. The summed E-state index contributed by atoms with van der Waals surface area (Å²) in [5.41, 5.74) is 0. The molecule has 2 saturated heterocycles. The first-order chi connectivity index (χ1) is 9.06. The number of carboxylic acids is 1. The molecule has 0 aromatic carbocycles. The van der Waals surface area contributed by atoms with Gasteiger partial charge in [-0.05, 0) is 25.7 Å². The summed E-state index contributed by atoms with van der Waals surface area (Å²) in [6.07, 6.45) is 2.86. The van der Waals surface area contributed by atoms with Gasteiger partial charge < -0.3 is 15.3 Å². The third-order valence-electron chi connectivity index (χ3n) is 3.77. The van der Waals surface area contributed by atoms with Crippen LogP contribution in [0.25, 0.3) is 0 Å². The second kappa shape index (κ2) is 6.36. The fraction of sp³-hybridized carbons (Fsp3) is 0.833. The van der Waals surface area contributed by atoms with Gasteiger partial charge in [0.25, 0.3) is 0 Å². The number of amides is 2. The Hall–Kier alpha value is -1.11. The summed E-state index contributed by atoms with van der Waals surface area (Å²) in [5, 5.41) is 11.9. The van der Waals surface area contributed by atoms with E-state index < -0.39 is 22.7 Å². The Morgan fingerprint density at radius 2 is 1.89 bits per heavy atom. The van der Waals surface area contributed by atoms with Crippen LogP contribution in [0.2, 0.25) is 0 Å². The van der Waals surface area contributed by atoms with Crippen molar-refractivity contribution in [3.8, 4) is 0 Å². The van der Waals surface area contributed by atoms with Crippen LogP contribution in [0.15, 0.2) is 0 Å². The van der Waals surface area contributed by atoms with Crippen LogP contribution in [0, 0.1) is 5.92 Å². The first kappa shape index (κ1) is 14.3. The van der Waals surface area contributed by atoms with Crippen molar-refractivity contribution in [2.45, 2.75) is 31.7 Å². The lowest BCUT2D eigenvalue weighted by Crippen LogP contribution is -2.50. The molecular weight excluding hydrogens is 268 g/mol. The van der Waals surface area contributed by atoms with Gasteiger partial charge in [0, 0.05) is 41.4 Å². The van der Waals surface area contributed by atoms with Crippen LogP contribution in [0.5, 0.6) is 0 Å². The number of piperidine rings is 1. The number of urea groups is 1. The van der Waals surface area contributed by atoms with E-state index in [0.29, 0.717) is 31.0 Å². The molecule has 0 aromatic heterocycles. The van der Waals surface area contributed by atoms with Crippen LogP contribution in [0.4, 0.5) is 4.79 Å². The van der Waals surface area contributed by atoms with Crippen LogP contribution in [-0.2, 0) is 15.6 Å². The molecule has 6 nitrogen and oxygen atoms in total. The first-order valence-electron chi connectivity index (χ1n) is 6.69. The highest BCUT2D eigenvalue weighted by Crippen LogP contribution is 2.17. The van der Waals surface area contributed by atoms with Gasteiger partial charge in [0.05, 0.1) is 5.92 Å². The van der Waals surface area contributed by atoms with Gasteiger partial charge in [-0.25, -0.2) is 4.79 Å². The zero-order valence-corrected chi connectivity index (χ0v) is 11.7. The molecule has 2 heterocycles. The van der Waals surface area contributed by atoms with Gasteiger partial charge in [0.15, 0.2) is 0 Å². The van der Waals surface area contributed by atoms with Crippen LogP contribution in [0.3, 0.4) is 0 Å². The average molecular weight is 288 g/mol. The molecule has 2 aliphatic rings. The van der Waals surface area contributed by atoms with E-state index in [0.717, 1.165) is 19.3 Å². The summed E-state index contributed by atoms with van der Waals surface area (Å²) in [5.74, 6) is 0.00898. The third-order valence-corrected chi connectivity index (χ3v) is 5.16. The average Bonchev–Trinajstić information content (AvgIpc) is 2.41. The van der Waals surface area contributed by atoms with Gasteiger partial charge in [-0.3, -0.25) is 9.00 Å². The van der Waals surface area contributed by atoms with E-state index in [-0.39, 0.29) is 12.1 Å². The number of nitrogens with one attached hydrogen (secondary N) is 1. The van der Waals surface area contributed by atoms with Gasteiger partial charge >= 0.3 is 12.0 Å². The summed E-state index contributed by atoms with van der Waals surface area (Å²) in [4.78, 5) is 24.6. The Labute approximate surface area is 115 Å².